The van der Waals surface area contributed by atoms with Crippen molar-refractivity contribution in [1.29, 1.82) is 0 Å². The lowest BCUT2D eigenvalue weighted by molar-refractivity contribution is 0.210. The molecular weight excluding hydrogens is 410 g/mol. The lowest BCUT2D eigenvalue weighted by atomic mass is 10.2. The third-order valence-electron chi connectivity index (χ3n) is 3.73. The van der Waals surface area contributed by atoms with Gasteiger partial charge in [-0.05, 0) is 36.8 Å². The molecule has 0 aliphatic heterocycles. The first-order valence-electron chi connectivity index (χ1n) is 8.30. The van der Waals surface area contributed by atoms with Crippen molar-refractivity contribution >= 4 is 27.7 Å². The van der Waals surface area contributed by atoms with Crippen LogP contribution in [-0.4, -0.2) is 14.8 Å². The first-order chi connectivity index (χ1) is 12.7. The summed E-state index contributed by atoms with van der Waals surface area (Å²) < 4.78 is 9.14. The number of rotatable bonds is 8. The van der Waals surface area contributed by atoms with Crippen molar-refractivity contribution in [2.75, 3.05) is 0 Å². The highest BCUT2D eigenvalue weighted by Crippen LogP contribution is 2.27. The van der Waals surface area contributed by atoms with Crippen LogP contribution < -0.4 is 4.74 Å². The van der Waals surface area contributed by atoms with Gasteiger partial charge in [-0.2, -0.15) is 0 Å². The number of nitrogens with zero attached hydrogens (tertiary/aromatic N) is 3. The van der Waals surface area contributed by atoms with Crippen molar-refractivity contribution in [3.8, 4) is 5.75 Å². The van der Waals surface area contributed by atoms with E-state index in [1.54, 1.807) is 11.8 Å². The van der Waals surface area contributed by atoms with E-state index in [4.69, 9.17) is 4.74 Å². The van der Waals surface area contributed by atoms with Crippen LogP contribution in [0.3, 0.4) is 0 Å². The van der Waals surface area contributed by atoms with Crippen molar-refractivity contribution in [3.63, 3.8) is 0 Å². The standard InChI is InChI=1S/C20H20BrN3OS/c1-3-12-24-19(15(2)25-18-10-5-4-6-11-18)22-23-20(24)26-14-16-8-7-9-17(21)13-16/h3-11,13,15H,1,12,14H2,2H3. The number of para-hydroxylation sites is 1. The molecule has 0 spiro atoms. The lowest BCUT2D eigenvalue weighted by Gasteiger charge is -2.15. The van der Waals surface area contributed by atoms with Gasteiger partial charge in [0.1, 0.15) is 5.75 Å². The molecule has 6 heteroatoms. The lowest BCUT2D eigenvalue weighted by Crippen LogP contribution is -2.12. The predicted molar refractivity (Wildman–Crippen MR) is 109 cm³/mol. The maximum Gasteiger partial charge on any atom is 0.191 e. The number of thioether (sulfide) groups is 1. The second kappa shape index (κ2) is 9.05. The topological polar surface area (TPSA) is 39.9 Å². The summed E-state index contributed by atoms with van der Waals surface area (Å²) in [6, 6.07) is 18.0. The summed E-state index contributed by atoms with van der Waals surface area (Å²) in [5.41, 5.74) is 1.23. The zero-order chi connectivity index (χ0) is 18.4. The molecule has 4 nitrogen and oxygen atoms in total. The molecule has 0 aliphatic carbocycles. The van der Waals surface area contributed by atoms with Crippen molar-refractivity contribution in [2.45, 2.75) is 30.5 Å². The molecule has 0 radical (unpaired) electrons. The quantitative estimate of drug-likeness (QED) is 0.342. The van der Waals surface area contributed by atoms with E-state index in [9.17, 15) is 0 Å². The van der Waals surface area contributed by atoms with Gasteiger partial charge in [0.25, 0.3) is 0 Å². The van der Waals surface area contributed by atoms with Crippen LogP contribution in [0.5, 0.6) is 5.75 Å². The fourth-order valence-electron chi connectivity index (χ4n) is 2.54. The van der Waals surface area contributed by atoms with Crippen molar-refractivity contribution in [2.24, 2.45) is 0 Å². The van der Waals surface area contributed by atoms with Crippen LogP contribution in [0.15, 0.2) is 76.9 Å². The number of ether oxygens (including phenoxy) is 1. The molecule has 26 heavy (non-hydrogen) atoms. The molecular formula is C20H20BrN3OS. The molecule has 1 atom stereocenters. The van der Waals surface area contributed by atoms with Gasteiger partial charge in [0.2, 0.25) is 0 Å². The molecule has 3 rings (SSSR count). The molecule has 0 fully saturated rings. The molecule has 3 aromatic rings. The van der Waals surface area contributed by atoms with E-state index in [1.165, 1.54) is 5.56 Å². The van der Waals surface area contributed by atoms with Crippen LogP contribution in [-0.2, 0) is 12.3 Å². The van der Waals surface area contributed by atoms with Gasteiger partial charge >= 0.3 is 0 Å². The highest BCUT2D eigenvalue weighted by molar-refractivity contribution is 9.10. The van der Waals surface area contributed by atoms with Crippen molar-refractivity contribution in [3.05, 3.63) is 83.1 Å². The highest BCUT2D eigenvalue weighted by Gasteiger charge is 2.19. The number of hydrogen-bond acceptors (Lipinski definition) is 4. The Bertz CT molecular complexity index is 867. The second-order valence-corrected chi connectivity index (χ2v) is 7.59. The highest BCUT2D eigenvalue weighted by atomic mass is 79.9. The van der Waals surface area contributed by atoms with Gasteiger partial charge in [0.05, 0.1) is 0 Å². The molecule has 0 saturated carbocycles. The summed E-state index contributed by atoms with van der Waals surface area (Å²) in [7, 11) is 0. The molecule has 1 aromatic heterocycles. The van der Waals surface area contributed by atoms with Gasteiger partial charge < -0.3 is 4.74 Å². The first kappa shape index (κ1) is 18.7. The maximum absolute atomic E-state index is 6.01. The fourth-order valence-corrected chi connectivity index (χ4v) is 3.88. The summed E-state index contributed by atoms with van der Waals surface area (Å²) in [6.07, 6.45) is 1.65. The Morgan fingerprint density at radius 1 is 1.19 bits per heavy atom. The molecule has 134 valence electrons. The average Bonchev–Trinajstić information content (AvgIpc) is 3.04. The summed E-state index contributed by atoms with van der Waals surface area (Å²) in [5, 5.41) is 9.61. The van der Waals surface area contributed by atoms with Crippen LogP contribution in [0.4, 0.5) is 0 Å². The Balaban J connectivity index is 1.75. The molecule has 1 heterocycles. The van der Waals surface area contributed by atoms with Gasteiger partial charge in [-0.15, -0.1) is 16.8 Å². The Morgan fingerprint density at radius 3 is 2.73 bits per heavy atom. The van der Waals surface area contributed by atoms with Crippen LogP contribution in [0.2, 0.25) is 0 Å². The SMILES string of the molecule is C=CCn1c(SCc2cccc(Br)c2)nnc1C(C)Oc1ccccc1. The zero-order valence-electron chi connectivity index (χ0n) is 14.5. The summed E-state index contributed by atoms with van der Waals surface area (Å²) >= 11 is 5.17. The average molecular weight is 430 g/mol. The third-order valence-corrected chi connectivity index (χ3v) is 5.26. The Morgan fingerprint density at radius 2 is 2.00 bits per heavy atom. The fraction of sp³-hybridized carbons (Fsp3) is 0.200. The van der Waals surface area contributed by atoms with E-state index in [1.807, 2.05) is 55.5 Å². The molecule has 0 bridgehead atoms. The molecule has 1 unspecified atom stereocenters. The van der Waals surface area contributed by atoms with Gasteiger partial charge in [0.15, 0.2) is 17.1 Å². The normalized spacial score (nSPS) is 11.9. The van der Waals surface area contributed by atoms with Gasteiger partial charge in [-0.25, -0.2) is 0 Å². The third kappa shape index (κ3) is 4.77. The van der Waals surface area contributed by atoms with Crippen LogP contribution in [0.25, 0.3) is 0 Å². The van der Waals surface area contributed by atoms with Crippen molar-refractivity contribution in [1.82, 2.24) is 14.8 Å². The van der Waals surface area contributed by atoms with E-state index in [2.05, 4.69) is 49.4 Å². The number of benzene rings is 2. The van der Waals surface area contributed by atoms with Gasteiger partial charge in [-0.1, -0.05) is 64.1 Å². The Hall–Kier alpha value is -2.05. The summed E-state index contributed by atoms with van der Waals surface area (Å²) in [5.74, 6) is 2.44. The minimum atomic E-state index is -0.204. The van der Waals surface area contributed by atoms with Gasteiger partial charge in [0, 0.05) is 16.8 Å². The van der Waals surface area contributed by atoms with Gasteiger partial charge in [-0.3, -0.25) is 4.57 Å². The van der Waals surface area contributed by atoms with Crippen molar-refractivity contribution < 1.29 is 4.74 Å². The Labute approximate surface area is 166 Å². The predicted octanol–water partition coefficient (Wildman–Crippen LogP) is 5.66. The monoisotopic (exact) mass is 429 g/mol. The summed E-state index contributed by atoms with van der Waals surface area (Å²) in [6.45, 7) is 6.49. The van der Waals surface area contributed by atoms with E-state index >= 15 is 0 Å². The molecule has 0 N–H and O–H groups in total. The largest absolute Gasteiger partial charge is 0.483 e. The van der Waals surface area contributed by atoms with Crippen LogP contribution in [0, 0.1) is 0 Å². The minimum Gasteiger partial charge on any atom is -0.483 e. The smallest absolute Gasteiger partial charge is 0.191 e. The molecule has 0 amide bonds. The van der Waals surface area contributed by atoms with E-state index < -0.39 is 0 Å². The molecule has 2 aromatic carbocycles. The first-order valence-corrected chi connectivity index (χ1v) is 10.1. The van der Waals surface area contributed by atoms with Crippen LogP contribution >= 0.6 is 27.7 Å². The molecule has 0 saturated heterocycles. The number of allylic oxidation sites excluding steroid dienone is 1. The molecule has 0 aliphatic rings. The number of halogens is 1. The van der Waals surface area contributed by atoms with Crippen LogP contribution in [0.1, 0.15) is 24.4 Å². The zero-order valence-corrected chi connectivity index (χ0v) is 16.9. The number of hydrogen-bond donors (Lipinski definition) is 0. The van der Waals surface area contributed by atoms with E-state index in [-0.39, 0.29) is 6.10 Å². The minimum absolute atomic E-state index is 0.204. The summed E-state index contributed by atoms with van der Waals surface area (Å²) in [4.78, 5) is 0. The van der Waals surface area contributed by atoms with E-state index in [0.29, 0.717) is 6.54 Å². The Kier molecular flexibility index (Phi) is 6.52. The maximum atomic E-state index is 6.01. The number of aromatic nitrogens is 3. The second-order valence-electron chi connectivity index (χ2n) is 5.73. The van der Waals surface area contributed by atoms with E-state index in [0.717, 1.165) is 27.0 Å².